The molecule has 0 spiro atoms. The van der Waals surface area contributed by atoms with Gasteiger partial charge in [-0.1, -0.05) is 18.2 Å². The van der Waals surface area contributed by atoms with Crippen molar-refractivity contribution in [1.29, 1.82) is 0 Å². The van der Waals surface area contributed by atoms with Crippen molar-refractivity contribution in [2.24, 2.45) is 0 Å². The first-order valence-electron chi connectivity index (χ1n) is 8.82. The van der Waals surface area contributed by atoms with E-state index in [1.165, 1.54) is 36.7 Å². The van der Waals surface area contributed by atoms with Crippen LogP contribution < -0.4 is 9.47 Å². The van der Waals surface area contributed by atoms with E-state index >= 15 is 0 Å². The van der Waals surface area contributed by atoms with Crippen LogP contribution in [0.2, 0.25) is 0 Å². The lowest BCUT2D eigenvalue weighted by Crippen LogP contribution is -2.13. The molecule has 0 aliphatic rings. The second-order valence-corrected chi connectivity index (χ2v) is 7.63. The Kier molecular flexibility index (Phi) is 5.83. The third-order valence-electron chi connectivity index (χ3n) is 3.99. The molecule has 0 N–H and O–H groups in total. The molecule has 0 bridgehead atoms. The zero-order valence-electron chi connectivity index (χ0n) is 15.8. The maximum atomic E-state index is 13.0. The minimum atomic E-state index is -3.94. The summed E-state index contributed by atoms with van der Waals surface area (Å²) in [6.45, 7) is 3.89. The maximum absolute atomic E-state index is 13.0. The highest BCUT2D eigenvalue weighted by Gasteiger charge is 2.27. The highest BCUT2D eigenvalue weighted by Crippen LogP contribution is 2.41. The third kappa shape index (κ3) is 3.92. The van der Waals surface area contributed by atoms with Gasteiger partial charge in [-0.15, -0.1) is 0 Å². The lowest BCUT2D eigenvalue weighted by molar-refractivity contribution is -0.385. The summed E-state index contributed by atoms with van der Waals surface area (Å²) in [5.41, 5.74) is -0.118. The minimum absolute atomic E-state index is 0.00729. The maximum Gasteiger partial charge on any atom is 0.315 e. The van der Waals surface area contributed by atoms with Gasteiger partial charge in [-0.25, -0.2) is 17.4 Å². The number of hydrogen-bond donors (Lipinski definition) is 0. The van der Waals surface area contributed by atoms with Gasteiger partial charge in [0, 0.05) is 24.0 Å². The van der Waals surface area contributed by atoms with E-state index in [2.05, 4.69) is 4.98 Å². The first kappa shape index (κ1) is 20.3. The number of hydrogen-bond acceptors (Lipinski definition) is 7. The third-order valence-corrected chi connectivity index (χ3v) is 5.67. The Morgan fingerprint density at radius 2 is 1.79 bits per heavy atom. The molecule has 3 rings (SSSR count). The highest BCUT2D eigenvalue weighted by atomic mass is 32.2. The topological polar surface area (TPSA) is 114 Å². The molecule has 3 aromatic rings. The molecular weight excluding hydrogens is 398 g/mol. The van der Waals surface area contributed by atoms with Crippen LogP contribution in [0.4, 0.5) is 5.69 Å². The lowest BCUT2D eigenvalue weighted by atomic mass is 10.1. The molecule has 2 aromatic carbocycles. The molecule has 152 valence electrons. The molecule has 0 fully saturated rings. The van der Waals surface area contributed by atoms with E-state index in [0.29, 0.717) is 0 Å². The predicted octanol–water partition coefficient (Wildman–Crippen LogP) is 3.49. The molecule has 0 radical (unpaired) electrons. The fraction of sp³-hybridized carbons (Fsp3) is 0.211. The number of aromatic nitrogens is 2. The van der Waals surface area contributed by atoms with E-state index in [-0.39, 0.29) is 46.7 Å². The molecule has 0 unspecified atom stereocenters. The van der Waals surface area contributed by atoms with Crippen molar-refractivity contribution in [2.45, 2.75) is 18.7 Å². The van der Waals surface area contributed by atoms with Gasteiger partial charge in [0.05, 0.1) is 23.0 Å². The van der Waals surface area contributed by atoms with Gasteiger partial charge in [0.2, 0.25) is 5.75 Å². The smallest absolute Gasteiger partial charge is 0.315 e. The Hall–Kier alpha value is -3.40. The summed E-state index contributed by atoms with van der Waals surface area (Å²) in [6.07, 6.45) is 2.61. The summed E-state index contributed by atoms with van der Waals surface area (Å²) < 4.78 is 37.9. The Morgan fingerprint density at radius 3 is 2.41 bits per heavy atom. The van der Waals surface area contributed by atoms with Crippen LogP contribution in [0, 0.1) is 10.1 Å². The van der Waals surface area contributed by atoms with Gasteiger partial charge in [0.15, 0.2) is 11.6 Å². The van der Waals surface area contributed by atoms with Crippen LogP contribution >= 0.6 is 0 Å². The first-order valence-corrected chi connectivity index (χ1v) is 10.3. The second kappa shape index (κ2) is 8.31. The number of rotatable bonds is 8. The van der Waals surface area contributed by atoms with Crippen LogP contribution in [0.1, 0.15) is 13.8 Å². The molecule has 1 heterocycles. The molecular formula is C19H19N3O6S. The van der Waals surface area contributed by atoms with Crippen molar-refractivity contribution in [3.8, 4) is 22.9 Å². The van der Waals surface area contributed by atoms with E-state index in [1.54, 1.807) is 32.0 Å². The van der Waals surface area contributed by atoms with E-state index in [1.807, 2.05) is 0 Å². The summed E-state index contributed by atoms with van der Waals surface area (Å²) >= 11 is 0. The molecule has 0 saturated carbocycles. The molecule has 10 heteroatoms. The molecule has 0 atom stereocenters. The van der Waals surface area contributed by atoms with Crippen molar-refractivity contribution in [3.63, 3.8) is 0 Å². The van der Waals surface area contributed by atoms with E-state index in [9.17, 15) is 18.5 Å². The molecule has 29 heavy (non-hydrogen) atoms. The largest absolute Gasteiger partial charge is 0.490 e. The zero-order chi connectivity index (χ0) is 21.0. The van der Waals surface area contributed by atoms with Gasteiger partial charge in [-0.05, 0) is 32.0 Å². The zero-order valence-corrected chi connectivity index (χ0v) is 16.6. The van der Waals surface area contributed by atoms with Crippen molar-refractivity contribution >= 4 is 15.7 Å². The van der Waals surface area contributed by atoms with Crippen molar-refractivity contribution < 1.29 is 22.8 Å². The Balaban J connectivity index is 2.21. The van der Waals surface area contributed by atoms with Gasteiger partial charge in [-0.3, -0.25) is 10.1 Å². The first-order chi connectivity index (χ1) is 13.9. The number of ether oxygens (including phenoxy) is 2. The van der Waals surface area contributed by atoms with Gasteiger partial charge in [-0.2, -0.15) is 0 Å². The normalized spacial score (nSPS) is 11.2. The number of nitro benzene ring substituents is 1. The quantitative estimate of drug-likeness (QED) is 0.407. The number of nitro groups is 1. The van der Waals surface area contributed by atoms with Crippen molar-refractivity contribution in [3.05, 3.63) is 65.0 Å². The van der Waals surface area contributed by atoms with E-state index < -0.39 is 14.9 Å². The Bertz CT molecular complexity index is 1130. The number of benzene rings is 2. The number of nitrogens with zero attached hydrogens (tertiary/aromatic N) is 3. The van der Waals surface area contributed by atoms with Crippen LogP contribution in [-0.4, -0.2) is 35.5 Å². The standard InChI is InChI=1S/C19H19N3O6S/c1-3-27-17-13-14(12-16(22(23)24)18(17)28-4-2)19-20-10-11-21(19)29(25,26)15-8-6-5-7-9-15/h5-13H,3-4H2,1-2H3. The summed E-state index contributed by atoms with van der Waals surface area (Å²) in [5, 5.41) is 11.6. The van der Waals surface area contributed by atoms with Gasteiger partial charge in [0.1, 0.15) is 0 Å². The monoisotopic (exact) mass is 417 g/mol. The van der Waals surface area contributed by atoms with Crippen LogP contribution in [-0.2, 0) is 10.0 Å². The van der Waals surface area contributed by atoms with Crippen LogP contribution in [0.25, 0.3) is 11.4 Å². The number of imidazole rings is 1. The van der Waals surface area contributed by atoms with Crippen LogP contribution in [0.15, 0.2) is 59.8 Å². The molecule has 0 saturated heterocycles. The lowest BCUT2D eigenvalue weighted by Gasteiger charge is -2.14. The molecule has 1 aromatic heterocycles. The fourth-order valence-electron chi connectivity index (χ4n) is 2.80. The average Bonchev–Trinajstić information content (AvgIpc) is 3.21. The molecule has 0 aliphatic heterocycles. The van der Waals surface area contributed by atoms with Crippen LogP contribution in [0.3, 0.4) is 0 Å². The SMILES string of the molecule is CCOc1cc(-c2nccn2S(=O)(=O)c2ccccc2)cc([N+](=O)[O-])c1OCC. The van der Waals surface area contributed by atoms with E-state index in [0.717, 1.165) is 3.97 Å². The van der Waals surface area contributed by atoms with Gasteiger partial charge < -0.3 is 9.47 Å². The Morgan fingerprint density at radius 1 is 1.10 bits per heavy atom. The Labute approximate surface area is 167 Å². The summed E-state index contributed by atoms with van der Waals surface area (Å²) in [4.78, 5) is 15.2. The molecule has 9 nitrogen and oxygen atoms in total. The predicted molar refractivity (Wildman–Crippen MR) is 106 cm³/mol. The minimum Gasteiger partial charge on any atom is -0.490 e. The molecule has 0 amide bonds. The fourth-order valence-corrected chi connectivity index (χ4v) is 4.12. The summed E-state index contributed by atoms with van der Waals surface area (Å²) in [5.74, 6) is 0.165. The average molecular weight is 417 g/mol. The highest BCUT2D eigenvalue weighted by molar-refractivity contribution is 7.90. The van der Waals surface area contributed by atoms with Gasteiger partial charge in [0.25, 0.3) is 10.0 Å². The van der Waals surface area contributed by atoms with Crippen molar-refractivity contribution in [1.82, 2.24) is 8.96 Å². The second-order valence-electron chi connectivity index (χ2n) is 5.81. The van der Waals surface area contributed by atoms with Crippen LogP contribution in [0.5, 0.6) is 11.5 Å². The van der Waals surface area contributed by atoms with Gasteiger partial charge >= 0.3 is 5.69 Å². The molecule has 0 aliphatic carbocycles. The van der Waals surface area contributed by atoms with E-state index in [4.69, 9.17) is 9.47 Å². The summed E-state index contributed by atoms with van der Waals surface area (Å²) in [7, 11) is -3.94. The summed E-state index contributed by atoms with van der Waals surface area (Å²) in [6, 6.07) is 10.6. The van der Waals surface area contributed by atoms with Crippen molar-refractivity contribution in [2.75, 3.05) is 13.2 Å².